The molecule has 21 heavy (non-hydrogen) atoms. The highest BCUT2D eigenvalue weighted by molar-refractivity contribution is 9.10. The number of aromatic nitrogens is 2. The molecule has 3 nitrogen and oxygen atoms in total. The normalized spacial score (nSPS) is 10.0. The Morgan fingerprint density at radius 3 is 1.86 bits per heavy atom. The minimum absolute atomic E-state index is 0.0671. The molecule has 0 spiro atoms. The first-order valence-electron chi connectivity index (χ1n) is 5.49. The first kappa shape index (κ1) is 17.0. The van der Waals surface area contributed by atoms with Gasteiger partial charge in [0.25, 0.3) is 12.9 Å². The Morgan fingerprint density at radius 2 is 1.48 bits per heavy atom. The quantitative estimate of drug-likeness (QED) is 0.730. The van der Waals surface area contributed by atoms with Gasteiger partial charge < -0.3 is 0 Å². The lowest BCUT2D eigenvalue weighted by molar-refractivity contribution is 0.145. The Hall–Kier alpha value is -2.01. The maximum atomic E-state index is 12.0. The van der Waals surface area contributed by atoms with Crippen LogP contribution in [0.4, 0.5) is 17.6 Å². The van der Waals surface area contributed by atoms with Gasteiger partial charge in [-0.3, -0.25) is 9.97 Å². The molecular weight excluding hydrogens is 354 g/mol. The molecule has 0 aliphatic heterocycles. The van der Waals surface area contributed by atoms with Crippen molar-refractivity contribution in [3.8, 4) is 6.07 Å². The van der Waals surface area contributed by atoms with Gasteiger partial charge in [0, 0.05) is 16.9 Å². The zero-order valence-corrected chi connectivity index (χ0v) is 11.9. The van der Waals surface area contributed by atoms with Gasteiger partial charge in [-0.1, -0.05) is 0 Å². The van der Waals surface area contributed by atoms with E-state index in [1.54, 1.807) is 12.1 Å². The van der Waals surface area contributed by atoms with E-state index in [-0.39, 0.29) is 11.3 Å². The second kappa shape index (κ2) is 8.32. The lowest BCUT2D eigenvalue weighted by Gasteiger charge is -1.98. The van der Waals surface area contributed by atoms with Crippen LogP contribution >= 0.6 is 15.9 Å². The van der Waals surface area contributed by atoms with Gasteiger partial charge in [-0.15, -0.1) is 0 Å². The maximum Gasteiger partial charge on any atom is 0.281 e. The average Bonchev–Trinajstić information content (AvgIpc) is 2.48. The molecule has 2 rings (SSSR count). The fourth-order valence-corrected chi connectivity index (χ4v) is 1.67. The zero-order valence-electron chi connectivity index (χ0n) is 10.4. The van der Waals surface area contributed by atoms with E-state index in [2.05, 4.69) is 25.9 Å². The van der Waals surface area contributed by atoms with Gasteiger partial charge >= 0.3 is 0 Å². The van der Waals surface area contributed by atoms with E-state index in [4.69, 9.17) is 5.26 Å². The molecule has 2 aromatic rings. The topological polar surface area (TPSA) is 49.6 Å². The van der Waals surface area contributed by atoms with Crippen molar-refractivity contribution in [3.05, 3.63) is 58.1 Å². The third kappa shape index (κ3) is 5.11. The lowest BCUT2D eigenvalue weighted by atomic mass is 10.2. The molecule has 0 fully saturated rings. The molecule has 0 N–H and O–H groups in total. The summed E-state index contributed by atoms with van der Waals surface area (Å²) in [6.45, 7) is 0. The van der Waals surface area contributed by atoms with Gasteiger partial charge in [0.15, 0.2) is 0 Å². The first-order chi connectivity index (χ1) is 9.97. The van der Waals surface area contributed by atoms with Crippen LogP contribution in [0.15, 0.2) is 41.1 Å². The third-order valence-corrected chi connectivity index (χ3v) is 2.83. The summed E-state index contributed by atoms with van der Waals surface area (Å²) >= 11 is 2.95. The van der Waals surface area contributed by atoms with Crippen LogP contribution in [0.5, 0.6) is 0 Å². The summed E-state index contributed by atoms with van der Waals surface area (Å²) in [5.74, 6) is 0. The molecule has 0 amide bonds. The largest absolute Gasteiger partial charge is 0.281 e. The summed E-state index contributed by atoms with van der Waals surface area (Å²) in [6.07, 6.45) is -2.60. The summed E-state index contributed by atoms with van der Waals surface area (Å²) in [6, 6.07) is 7.53. The minimum atomic E-state index is -2.68. The maximum absolute atomic E-state index is 12.0. The van der Waals surface area contributed by atoms with Gasteiger partial charge in [0.1, 0.15) is 17.5 Å². The Balaban J connectivity index is 0.000000211. The molecule has 110 valence electrons. The number of nitriles is 1. The van der Waals surface area contributed by atoms with E-state index >= 15 is 0 Å². The summed E-state index contributed by atoms with van der Waals surface area (Å²) in [5.41, 5.74) is -0.722. The van der Waals surface area contributed by atoms with Crippen molar-refractivity contribution in [1.29, 1.82) is 5.26 Å². The number of rotatable bonds is 2. The number of pyridine rings is 2. The summed E-state index contributed by atoms with van der Waals surface area (Å²) in [5, 5.41) is 8.34. The molecule has 0 atom stereocenters. The van der Waals surface area contributed by atoms with E-state index in [1.165, 1.54) is 30.6 Å². The number of alkyl halides is 4. The predicted octanol–water partition coefficient (Wildman–Crippen LogP) is 4.67. The number of nitrogens with zero attached hydrogens (tertiary/aromatic N) is 3. The van der Waals surface area contributed by atoms with Crippen molar-refractivity contribution in [2.75, 3.05) is 0 Å². The van der Waals surface area contributed by atoms with Crippen molar-refractivity contribution in [2.45, 2.75) is 12.9 Å². The molecule has 0 saturated carbocycles. The van der Waals surface area contributed by atoms with Crippen molar-refractivity contribution in [2.24, 2.45) is 0 Å². The van der Waals surface area contributed by atoms with Gasteiger partial charge in [0.05, 0.1) is 5.56 Å². The van der Waals surface area contributed by atoms with Crippen molar-refractivity contribution < 1.29 is 17.6 Å². The van der Waals surface area contributed by atoms with Crippen LogP contribution in [0.2, 0.25) is 0 Å². The second-order valence-electron chi connectivity index (χ2n) is 3.52. The van der Waals surface area contributed by atoms with Crippen LogP contribution in [0.25, 0.3) is 0 Å². The average molecular weight is 362 g/mol. The van der Waals surface area contributed by atoms with Gasteiger partial charge in [0.2, 0.25) is 0 Å². The molecule has 0 saturated heterocycles. The number of halogens is 5. The molecular formula is C13H8BrF4N3. The van der Waals surface area contributed by atoms with E-state index in [9.17, 15) is 17.6 Å². The predicted molar refractivity (Wildman–Crippen MR) is 70.8 cm³/mol. The highest BCUT2D eigenvalue weighted by Gasteiger charge is 2.12. The highest BCUT2D eigenvalue weighted by atomic mass is 79.9. The summed E-state index contributed by atoms with van der Waals surface area (Å²) in [7, 11) is 0. The van der Waals surface area contributed by atoms with Crippen LogP contribution in [0.3, 0.4) is 0 Å². The van der Waals surface area contributed by atoms with Crippen LogP contribution < -0.4 is 0 Å². The van der Waals surface area contributed by atoms with Crippen molar-refractivity contribution >= 4 is 15.9 Å². The fraction of sp³-hybridized carbons (Fsp3) is 0.154. The molecule has 2 heterocycles. The molecule has 0 radical (unpaired) electrons. The van der Waals surface area contributed by atoms with Gasteiger partial charge in [-0.05, 0) is 40.2 Å². The van der Waals surface area contributed by atoms with Crippen LogP contribution in [-0.2, 0) is 0 Å². The Kier molecular flexibility index (Phi) is 6.75. The Morgan fingerprint density at radius 1 is 0.952 bits per heavy atom. The summed E-state index contributed by atoms with van der Waals surface area (Å²) in [4.78, 5) is 6.86. The van der Waals surface area contributed by atoms with Crippen LogP contribution in [0.1, 0.15) is 29.8 Å². The summed E-state index contributed by atoms with van der Waals surface area (Å²) < 4.78 is 48.2. The van der Waals surface area contributed by atoms with Gasteiger partial charge in [-0.2, -0.15) is 5.26 Å². The fourth-order valence-electron chi connectivity index (χ4n) is 1.24. The van der Waals surface area contributed by atoms with E-state index in [1.807, 2.05) is 0 Å². The second-order valence-corrected chi connectivity index (χ2v) is 4.37. The molecule has 2 aromatic heterocycles. The number of hydrogen-bond acceptors (Lipinski definition) is 3. The van der Waals surface area contributed by atoms with Gasteiger partial charge in [-0.25, -0.2) is 17.6 Å². The van der Waals surface area contributed by atoms with E-state index < -0.39 is 18.5 Å². The van der Waals surface area contributed by atoms with E-state index in [0.29, 0.717) is 4.47 Å². The Labute approximate surface area is 126 Å². The van der Waals surface area contributed by atoms with Crippen molar-refractivity contribution in [1.82, 2.24) is 9.97 Å². The van der Waals surface area contributed by atoms with Crippen LogP contribution in [-0.4, -0.2) is 9.97 Å². The molecule has 0 aliphatic rings. The molecule has 0 aliphatic carbocycles. The highest BCUT2D eigenvalue weighted by Crippen LogP contribution is 2.23. The van der Waals surface area contributed by atoms with E-state index in [0.717, 1.165) is 0 Å². The SMILES string of the molecule is FC(F)c1ncccc1Br.N#Cc1cccnc1C(F)F. The monoisotopic (exact) mass is 361 g/mol. The molecule has 0 bridgehead atoms. The standard InChI is InChI=1S/C7H4F2N2.C6H4BrF2N/c8-7(9)6-5(4-10)2-1-3-11-6;7-4-2-1-3-10-5(4)6(8)9/h1-3,7H;1-3,6H. The molecule has 8 heteroatoms. The third-order valence-electron chi connectivity index (χ3n) is 2.16. The van der Waals surface area contributed by atoms with Crippen molar-refractivity contribution in [3.63, 3.8) is 0 Å². The minimum Gasteiger partial charge on any atom is -0.254 e. The lowest BCUT2D eigenvalue weighted by Crippen LogP contribution is -1.93. The Bertz CT molecular complexity index is 629. The molecule has 0 unspecified atom stereocenters. The van der Waals surface area contributed by atoms with Crippen LogP contribution in [0, 0.1) is 11.3 Å². The first-order valence-corrected chi connectivity index (χ1v) is 6.28. The molecule has 0 aromatic carbocycles. The number of hydrogen-bond donors (Lipinski definition) is 0. The zero-order chi connectivity index (χ0) is 15.8. The smallest absolute Gasteiger partial charge is 0.254 e.